The molecule has 0 radical (unpaired) electrons. The van der Waals surface area contributed by atoms with Crippen molar-refractivity contribution in [2.24, 2.45) is 5.92 Å². The van der Waals surface area contributed by atoms with Crippen LogP contribution in [-0.2, 0) is 21.2 Å². The molecule has 1 fully saturated rings. The number of hydrogen-bond donors (Lipinski definition) is 1. The predicted octanol–water partition coefficient (Wildman–Crippen LogP) is 2.56. The molecule has 0 unspecified atom stereocenters. The van der Waals surface area contributed by atoms with Crippen LogP contribution in [0.5, 0.6) is 0 Å². The van der Waals surface area contributed by atoms with Crippen molar-refractivity contribution < 1.29 is 13.2 Å². The van der Waals surface area contributed by atoms with Crippen molar-refractivity contribution in [1.82, 2.24) is 9.62 Å². The molecule has 0 aliphatic heterocycles. The second kappa shape index (κ2) is 8.12. The Morgan fingerprint density at radius 1 is 1.17 bits per heavy atom. The van der Waals surface area contributed by atoms with Crippen LogP contribution < -0.4 is 4.72 Å². The zero-order valence-electron chi connectivity index (χ0n) is 14.8. The van der Waals surface area contributed by atoms with E-state index in [1.54, 1.807) is 24.3 Å². The van der Waals surface area contributed by atoms with Gasteiger partial charge in [0.05, 0.1) is 4.90 Å². The highest BCUT2D eigenvalue weighted by atomic mass is 32.2. The summed E-state index contributed by atoms with van der Waals surface area (Å²) in [4.78, 5) is 14.5. The van der Waals surface area contributed by atoms with Gasteiger partial charge in [0.15, 0.2) is 0 Å². The Bertz CT molecular complexity index is 647. The summed E-state index contributed by atoms with van der Waals surface area (Å²) in [5, 5.41) is 0. The summed E-state index contributed by atoms with van der Waals surface area (Å²) < 4.78 is 25.7. The third-order valence-corrected chi connectivity index (χ3v) is 6.49. The molecular formula is C18H28N2O3S. The number of rotatable bonds is 6. The number of carbonyl (C=O) groups is 1. The van der Waals surface area contributed by atoms with Gasteiger partial charge in [-0.25, -0.2) is 13.1 Å². The largest absolute Gasteiger partial charge is 0.343 e. The first-order valence-electron chi connectivity index (χ1n) is 8.61. The SMILES string of the molecule is CNS(=O)(=O)c1ccc(CCC(=O)N(C)C2CCC(C)CC2)cc1. The van der Waals surface area contributed by atoms with E-state index in [0.717, 1.165) is 24.3 Å². The van der Waals surface area contributed by atoms with E-state index in [1.165, 1.54) is 19.9 Å². The van der Waals surface area contributed by atoms with E-state index in [-0.39, 0.29) is 10.8 Å². The molecule has 1 aliphatic rings. The van der Waals surface area contributed by atoms with Crippen LogP contribution in [0.3, 0.4) is 0 Å². The van der Waals surface area contributed by atoms with Crippen molar-refractivity contribution >= 4 is 15.9 Å². The Hall–Kier alpha value is -1.40. The van der Waals surface area contributed by atoms with Gasteiger partial charge in [-0.1, -0.05) is 19.1 Å². The molecule has 0 saturated heterocycles. The Morgan fingerprint density at radius 3 is 2.29 bits per heavy atom. The molecule has 134 valence electrons. The van der Waals surface area contributed by atoms with Gasteiger partial charge in [-0.3, -0.25) is 4.79 Å². The first-order valence-corrected chi connectivity index (χ1v) is 10.1. The van der Waals surface area contributed by atoms with Gasteiger partial charge in [0.25, 0.3) is 0 Å². The van der Waals surface area contributed by atoms with Crippen LogP contribution in [0.15, 0.2) is 29.2 Å². The van der Waals surface area contributed by atoms with Gasteiger partial charge in [0.1, 0.15) is 0 Å². The van der Waals surface area contributed by atoms with Crippen LogP contribution in [0.25, 0.3) is 0 Å². The number of sulfonamides is 1. The first-order chi connectivity index (χ1) is 11.3. The van der Waals surface area contributed by atoms with Gasteiger partial charge < -0.3 is 4.90 Å². The minimum Gasteiger partial charge on any atom is -0.343 e. The Kier molecular flexibility index (Phi) is 6.40. The number of aryl methyl sites for hydroxylation is 1. The van der Waals surface area contributed by atoms with E-state index in [9.17, 15) is 13.2 Å². The molecule has 1 amide bonds. The fourth-order valence-corrected chi connectivity index (χ4v) is 3.94. The van der Waals surface area contributed by atoms with Crippen molar-refractivity contribution in [3.63, 3.8) is 0 Å². The summed E-state index contributed by atoms with van der Waals surface area (Å²) in [6, 6.07) is 7.09. The quantitative estimate of drug-likeness (QED) is 0.856. The summed E-state index contributed by atoms with van der Waals surface area (Å²) in [6.07, 6.45) is 5.68. The summed E-state index contributed by atoms with van der Waals surface area (Å²) in [6.45, 7) is 2.27. The number of nitrogens with zero attached hydrogens (tertiary/aromatic N) is 1. The zero-order valence-corrected chi connectivity index (χ0v) is 15.6. The van der Waals surface area contributed by atoms with Gasteiger partial charge in [-0.15, -0.1) is 0 Å². The molecule has 0 aromatic heterocycles. The fraction of sp³-hybridized carbons (Fsp3) is 0.611. The van der Waals surface area contributed by atoms with Gasteiger partial charge >= 0.3 is 0 Å². The van der Waals surface area contributed by atoms with E-state index < -0.39 is 10.0 Å². The van der Waals surface area contributed by atoms with Gasteiger partial charge in [-0.05, 0) is 62.8 Å². The highest BCUT2D eigenvalue weighted by molar-refractivity contribution is 7.89. The molecule has 1 saturated carbocycles. The Labute approximate surface area is 145 Å². The van der Waals surface area contributed by atoms with Crippen LogP contribution in [0.2, 0.25) is 0 Å². The van der Waals surface area contributed by atoms with Crippen molar-refractivity contribution in [1.29, 1.82) is 0 Å². The number of benzene rings is 1. The van der Waals surface area contributed by atoms with Crippen molar-refractivity contribution in [3.8, 4) is 0 Å². The van der Waals surface area contributed by atoms with Gasteiger partial charge in [-0.2, -0.15) is 0 Å². The molecule has 2 rings (SSSR count). The molecule has 1 N–H and O–H groups in total. The second-order valence-electron chi connectivity index (χ2n) is 6.77. The monoisotopic (exact) mass is 352 g/mol. The minimum absolute atomic E-state index is 0.168. The molecule has 1 aromatic rings. The van der Waals surface area contributed by atoms with Crippen LogP contribution in [-0.4, -0.2) is 39.4 Å². The molecule has 0 heterocycles. The zero-order chi connectivity index (χ0) is 17.7. The topological polar surface area (TPSA) is 66.5 Å². The summed E-state index contributed by atoms with van der Waals surface area (Å²) >= 11 is 0. The van der Waals surface area contributed by atoms with E-state index in [2.05, 4.69) is 11.6 Å². The predicted molar refractivity (Wildman–Crippen MR) is 95.2 cm³/mol. The standard InChI is InChI=1S/C18H28N2O3S/c1-14-4-9-16(10-5-14)20(3)18(21)13-8-15-6-11-17(12-7-15)24(22,23)19-2/h6-7,11-12,14,16,19H,4-5,8-10,13H2,1-3H3. The molecule has 24 heavy (non-hydrogen) atoms. The van der Waals surface area contributed by atoms with Crippen molar-refractivity contribution in [2.45, 2.75) is 56.4 Å². The lowest BCUT2D eigenvalue weighted by atomic mass is 9.86. The summed E-state index contributed by atoms with van der Waals surface area (Å²) in [5.41, 5.74) is 0.976. The smallest absolute Gasteiger partial charge is 0.240 e. The van der Waals surface area contributed by atoms with E-state index >= 15 is 0 Å². The number of amides is 1. The molecule has 0 spiro atoms. The first kappa shape index (κ1) is 18.9. The molecule has 5 nitrogen and oxygen atoms in total. The molecule has 1 aliphatic carbocycles. The number of carbonyl (C=O) groups excluding carboxylic acids is 1. The average molecular weight is 353 g/mol. The van der Waals surface area contributed by atoms with E-state index in [4.69, 9.17) is 0 Å². The van der Waals surface area contributed by atoms with E-state index in [0.29, 0.717) is 18.9 Å². The third kappa shape index (κ3) is 4.80. The summed E-state index contributed by atoms with van der Waals surface area (Å²) in [7, 11) is -0.103. The highest BCUT2D eigenvalue weighted by Crippen LogP contribution is 2.26. The maximum absolute atomic E-state index is 12.4. The maximum atomic E-state index is 12.4. The molecule has 6 heteroatoms. The van der Waals surface area contributed by atoms with Gasteiger partial charge in [0.2, 0.25) is 15.9 Å². The van der Waals surface area contributed by atoms with E-state index in [1.807, 2.05) is 11.9 Å². The summed E-state index contributed by atoms with van der Waals surface area (Å²) in [5.74, 6) is 0.943. The number of nitrogens with one attached hydrogen (secondary N) is 1. The van der Waals surface area contributed by atoms with Crippen LogP contribution >= 0.6 is 0 Å². The average Bonchev–Trinajstić information content (AvgIpc) is 2.60. The lowest BCUT2D eigenvalue weighted by Crippen LogP contribution is -2.39. The van der Waals surface area contributed by atoms with Crippen molar-refractivity contribution in [2.75, 3.05) is 14.1 Å². The Morgan fingerprint density at radius 2 is 1.75 bits per heavy atom. The van der Waals surface area contributed by atoms with Crippen LogP contribution in [0, 0.1) is 5.92 Å². The fourth-order valence-electron chi connectivity index (χ4n) is 3.21. The lowest BCUT2D eigenvalue weighted by molar-refractivity contribution is -0.132. The third-order valence-electron chi connectivity index (χ3n) is 5.06. The number of hydrogen-bond acceptors (Lipinski definition) is 3. The van der Waals surface area contributed by atoms with Crippen molar-refractivity contribution in [3.05, 3.63) is 29.8 Å². The Balaban J connectivity index is 1.87. The van der Waals surface area contributed by atoms with Crippen LogP contribution in [0.1, 0.15) is 44.6 Å². The molecule has 0 atom stereocenters. The molecular weight excluding hydrogens is 324 g/mol. The maximum Gasteiger partial charge on any atom is 0.240 e. The van der Waals surface area contributed by atoms with Gasteiger partial charge in [0, 0.05) is 19.5 Å². The highest BCUT2D eigenvalue weighted by Gasteiger charge is 2.24. The molecule has 1 aromatic carbocycles. The minimum atomic E-state index is -3.40. The lowest BCUT2D eigenvalue weighted by Gasteiger charge is -2.33. The van der Waals surface area contributed by atoms with Crippen LogP contribution in [0.4, 0.5) is 0 Å². The normalized spacial score (nSPS) is 21.5. The molecule has 0 bridgehead atoms. The second-order valence-corrected chi connectivity index (χ2v) is 8.66.